The summed E-state index contributed by atoms with van der Waals surface area (Å²) in [5.74, 6) is 1.40. The molecule has 0 saturated heterocycles. The van der Waals surface area contributed by atoms with Gasteiger partial charge in [-0.1, -0.05) is 13.8 Å². The number of thioether (sulfide) groups is 1. The molecule has 17 heavy (non-hydrogen) atoms. The standard InChI is InChI=1S/C12H27N3OS/c1-9(2)11(15(3)4)8-14-12(16)10(13)6-7-17-5/h9-11H,6-8,13H2,1-5H3,(H,14,16)/t10-,11?/m0/s1. The van der Waals surface area contributed by atoms with Crippen LogP contribution in [0, 0.1) is 5.92 Å². The average molecular weight is 261 g/mol. The van der Waals surface area contributed by atoms with Gasteiger partial charge in [-0.15, -0.1) is 0 Å². The van der Waals surface area contributed by atoms with Crippen molar-refractivity contribution in [2.45, 2.75) is 32.4 Å². The largest absolute Gasteiger partial charge is 0.353 e. The van der Waals surface area contributed by atoms with Gasteiger partial charge in [0.2, 0.25) is 5.91 Å². The maximum atomic E-state index is 11.7. The molecule has 4 nitrogen and oxygen atoms in total. The highest BCUT2D eigenvalue weighted by molar-refractivity contribution is 7.98. The van der Waals surface area contributed by atoms with Gasteiger partial charge < -0.3 is 16.0 Å². The highest BCUT2D eigenvalue weighted by Gasteiger charge is 2.18. The van der Waals surface area contributed by atoms with E-state index in [1.165, 1.54) is 0 Å². The summed E-state index contributed by atoms with van der Waals surface area (Å²) in [6, 6.07) is -0.0240. The van der Waals surface area contributed by atoms with Crippen molar-refractivity contribution in [1.82, 2.24) is 10.2 Å². The third-order valence-electron chi connectivity index (χ3n) is 2.89. The van der Waals surface area contributed by atoms with Gasteiger partial charge in [-0.3, -0.25) is 4.79 Å². The quantitative estimate of drug-likeness (QED) is 0.677. The van der Waals surface area contributed by atoms with Crippen LogP contribution in [0.4, 0.5) is 0 Å². The lowest BCUT2D eigenvalue weighted by Crippen LogP contribution is -2.48. The Bertz CT molecular complexity index is 214. The molecule has 0 aliphatic rings. The lowest BCUT2D eigenvalue weighted by Gasteiger charge is -2.28. The molecule has 0 heterocycles. The Balaban J connectivity index is 4.03. The Morgan fingerprint density at radius 1 is 1.41 bits per heavy atom. The van der Waals surface area contributed by atoms with E-state index in [2.05, 4.69) is 24.1 Å². The first-order chi connectivity index (χ1) is 7.90. The number of hydrogen-bond donors (Lipinski definition) is 2. The SMILES string of the molecule is CSCC[C@H](N)C(=O)NCC(C(C)C)N(C)C. The molecule has 0 aromatic heterocycles. The van der Waals surface area contributed by atoms with E-state index in [4.69, 9.17) is 5.73 Å². The topological polar surface area (TPSA) is 58.4 Å². The minimum Gasteiger partial charge on any atom is -0.353 e. The Kier molecular flexibility index (Phi) is 8.64. The number of amides is 1. The van der Waals surface area contributed by atoms with Gasteiger partial charge in [-0.05, 0) is 38.4 Å². The van der Waals surface area contributed by atoms with Crippen molar-refractivity contribution in [3.8, 4) is 0 Å². The highest BCUT2D eigenvalue weighted by atomic mass is 32.2. The van der Waals surface area contributed by atoms with E-state index in [1.54, 1.807) is 11.8 Å². The number of hydrogen-bond acceptors (Lipinski definition) is 4. The molecule has 1 unspecified atom stereocenters. The van der Waals surface area contributed by atoms with Gasteiger partial charge >= 0.3 is 0 Å². The fourth-order valence-electron chi connectivity index (χ4n) is 1.73. The molecule has 5 heteroatoms. The van der Waals surface area contributed by atoms with Crippen LogP contribution in [0.3, 0.4) is 0 Å². The zero-order valence-corrected chi connectivity index (χ0v) is 12.5. The van der Waals surface area contributed by atoms with E-state index in [0.29, 0.717) is 18.5 Å². The van der Waals surface area contributed by atoms with Crippen LogP contribution in [-0.4, -0.2) is 55.5 Å². The molecule has 2 atom stereocenters. The number of rotatable bonds is 8. The molecule has 0 aromatic carbocycles. The zero-order chi connectivity index (χ0) is 13.4. The van der Waals surface area contributed by atoms with Crippen molar-refractivity contribution < 1.29 is 4.79 Å². The summed E-state index contributed by atoms with van der Waals surface area (Å²) < 4.78 is 0. The van der Waals surface area contributed by atoms with E-state index in [1.807, 2.05) is 20.4 Å². The summed E-state index contributed by atoms with van der Waals surface area (Å²) in [5.41, 5.74) is 5.80. The van der Waals surface area contributed by atoms with Crippen LogP contribution < -0.4 is 11.1 Å². The molecular formula is C12H27N3OS. The molecule has 102 valence electrons. The molecule has 0 rings (SSSR count). The molecule has 0 aromatic rings. The van der Waals surface area contributed by atoms with Gasteiger partial charge in [-0.2, -0.15) is 11.8 Å². The second-order valence-electron chi connectivity index (χ2n) is 4.91. The normalized spacial score (nSPS) is 15.1. The van der Waals surface area contributed by atoms with Crippen molar-refractivity contribution in [2.24, 2.45) is 11.7 Å². The maximum absolute atomic E-state index is 11.7. The Morgan fingerprint density at radius 3 is 2.41 bits per heavy atom. The number of nitrogens with one attached hydrogen (secondary N) is 1. The molecule has 0 bridgehead atoms. The van der Waals surface area contributed by atoms with E-state index in [0.717, 1.165) is 12.2 Å². The Hall–Kier alpha value is -0.260. The first kappa shape index (κ1) is 16.7. The lowest BCUT2D eigenvalue weighted by atomic mass is 10.0. The predicted molar refractivity (Wildman–Crippen MR) is 76.3 cm³/mol. The number of nitrogens with zero attached hydrogens (tertiary/aromatic N) is 1. The second kappa shape index (κ2) is 8.78. The summed E-state index contributed by atoms with van der Waals surface area (Å²) >= 11 is 1.71. The van der Waals surface area contributed by atoms with Crippen LogP contribution in [0.15, 0.2) is 0 Å². The van der Waals surface area contributed by atoms with Gasteiger partial charge in [0.05, 0.1) is 6.04 Å². The Morgan fingerprint density at radius 2 is 2.00 bits per heavy atom. The number of carbonyl (C=O) groups is 1. The van der Waals surface area contributed by atoms with Crippen LogP contribution in [0.25, 0.3) is 0 Å². The minimum absolute atomic E-state index is 0.0356. The maximum Gasteiger partial charge on any atom is 0.237 e. The third kappa shape index (κ3) is 6.91. The fraction of sp³-hybridized carbons (Fsp3) is 0.917. The molecule has 0 aliphatic heterocycles. The van der Waals surface area contributed by atoms with E-state index < -0.39 is 0 Å². The summed E-state index contributed by atoms with van der Waals surface area (Å²) in [6.07, 6.45) is 2.76. The van der Waals surface area contributed by atoms with E-state index >= 15 is 0 Å². The van der Waals surface area contributed by atoms with E-state index in [-0.39, 0.29) is 11.9 Å². The summed E-state index contributed by atoms with van der Waals surface area (Å²) in [4.78, 5) is 13.9. The summed E-state index contributed by atoms with van der Waals surface area (Å²) in [7, 11) is 4.06. The van der Waals surface area contributed by atoms with Crippen molar-refractivity contribution in [1.29, 1.82) is 0 Å². The smallest absolute Gasteiger partial charge is 0.237 e. The number of carbonyl (C=O) groups excluding carboxylic acids is 1. The predicted octanol–water partition coefficient (Wildman–Crippen LogP) is 0.769. The van der Waals surface area contributed by atoms with Crippen molar-refractivity contribution in [2.75, 3.05) is 32.6 Å². The van der Waals surface area contributed by atoms with Gasteiger partial charge in [0.15, 0.2) is 0 Å². The molecule has 0 saturated carbocycles. The number of nitrogens with two attached hydrogens (primary N) is 1. The molecule has 1 amide bonds. The minimum atomic E-state index is -0.377. The molecule has 3 N–H and O–H groups in total. The first-order valence-corrected chi connectivity index (χ1v) is 7.48. The van der Waals surface area contributed by atoms with Crippen LogP contribution >= 0.6 is 11.8 Å². The van der Waals surface area contributed by atoms with Crippen LogP contribution in [0.2, 0.25) is 0 Å². The second-order valence-corrected chi connectivity index (χ2v) is 5.89. The first-order valence-electron chi connectivity index (χ1n) is 6.08. The molecule has 0 spiro atoms. The van der Waals surface area contributed by atoms with Gasteiger partial charge in [0, 0.05) is 12.6 Å². The highest BCUT2D eigenvalue weighted by Crippen LogP contribution is 2.06. The third-order valence-corrected chi connectivity index (χ3v) is 3.53. The van der Waals surface area contributed by atoms with E-state index in [9.17, 15) is 4.79 Å². The summed E-state index contributed by atoms with van der Waals surface area (Å²) in [5, 5.41) is 2.94. The average Bonchev–Trinajstić information content (AvgIpc) is 2.24. The van der Waals surface area contributed by atoms with Gasteiger partial charge in [0.1, 0.15) is 0 Å². The molecule has 0 radical (unpaired) electrons. The lowest BCUT2D eigenvalue weighted by molar-refractivity contribution is -0.122. The molecule has 0 aliphatic carbocycles. The number of likely N-dealkylation sites (N-methyl/N-ethyl adjacent to an activating group) is 1. The van der Waals surface area contributed by atoms with Crippen LogP contribution in [-0.2, 0) is 4.79 Å². The van der Waals surface area contributed by atoms with Crippen molar-refractivity contribution >= 4 is 17.7 Å². The molecular weight excluding hydrogens is 234 g/mol. The zero-order valence-electron chi connectivity index (χ0n) is 11.7. The van der Waals surface area contributed by atoms with Crippen LogP contribution in [0.1, 0.15) is 20.3 Å². The Labute approximate surface area is 110 Å². The fourth-order valence-corrected chi connectivity index (χ4v) is 2.22. The summed E-state index contributed by atoms with van der Waals surface area (Å²) in [6.45, 7) is 4.98. The van der Waals surface area contributed by atoms with Gasteiger partial charge in [-0.25, -0.2) is 0 Å². The van der Waals surface area contributed by atoms with Gasteiger partial charge in [0.25, 0.3) is 0 Å². The monoisotopic (exact) mass is 261 g/mol. The van der Waals surface area contributed by atoms with Crippen molar-refractivity contribution in [3.05, 3.63) is 0 Å². The van der Waals surface area contributed by atoms with Crippen LogP contribution in [0.5, 0.6) is 0 Å². The van der Waals surface area contributed by atoms with Crippen molar-refractivity contribution in [3.63, 3.8) is 0 Å². The molecule has 0 fully saturated rings.